The fourth-order valence-electron chi connectivity index (χ4n) is 2.82. The number of nitrogens with one attached hydrogen (secondary N) is 1. The molecule has 1 fully saturated rings. The first-order valence-corrected chi connectivity index (χ1v) is 7.24. The van der Waals surface area contributed by atoms with Crippen LogP contribution in [0, 0.1) is 0 Å². The SMILES string of the molecule is COC(=O)[C@H](C)N[C@H]1CCN([C@@H](C)c2ccccc2)C1. The fourth-order valence-corrected chi connectivity index (χ4v) is 2.82. The molecule has 0 saturated carbocycles. The van der Waals surface area contributed by atoms with E-state index in [1.54, 1.807) is 0 Å². The standard InChI is InChI=1S/C16H24N2O2/c1-12(16(19)20-3)17-15-9-10-18(11-15)13(2)14-7-5-4-6-8-14/h4-8,12-13,15,17H,9-11H2,1-3H3/t12-,13-,15-/m0/s1. The minimum atomic E-state index is -0.239. The normalized spacial score (nSPS) is 22.4. The molecular formula is C16H24N2O2. The molecule has 0 amide bonds. The van der Waals surface area contributed by atoms with Crippen molar-refractivity contribution in [3.63, 3.8) is 0 Å². The maximum atomic E-state index is 11.4. The maximum Gasteiger partial charge on any atom is 0.322 e. The van der Waals surface area contributed by atoms with Gasteiger partial charge >= 0.3 is 5.97 Å². The number of hydrogen-bond donors (Lipinski definition) is 1. The molecule has 1 aromatic carbocycles. The lowest BCUT2D eigenvalue weighted by Crippen LogP contribution is -2.43. The molecule has 0 spiro atoms. The van der Waals surface area contributed by atoms with Crippen LogP contribution >= 0.6 is 0 Å². The minimum Gasteiger partial charge on any atom is -0.468 e. The molecule has 4 heteroatoms. The Labute approximate surface area is 121 Å². The third kappa shape index (κ3) is 3.58. The zero-order valence-corrected chi connectivity index (χ0v) is 12.5. The van der Waals surface area contributed by atoms with Gasteiger partial charge in [-0.1, -0.05) is 30.3 Å². The number of likely N-dealkylation sites (tertiary alicyclic amines) is 1. The molecule has 20 heavy (non-hydrogen) atoms. The summed E-state index contributed by atoms with van der Waals surface area (Å²) in [5.41, 5.74) is 1.34. The van der Waals surface area contributed by atoms with Crippen molar-refractivity contribution in [2.45, 2.75) is 38.4 Å². The van der Waals surface area contributed by atoms with Crippen molar-refractivity contribution in [2.75, 3.05) is 20.2 Å². The van der Waals surface area contributed by atoms with Crippen LogP contribution in [0.5, 0.6) is 0 Å². The lowest BCUT2D eigenvalue weighted by Gasteiger charge is -2.25. The van der Waals surface area contributed by atoms with E-state index in [2.05, 4.69) is 41.4 Å². The van der Waals surface area contributed by atoms with Crippen LogP contribution in [0.15, 0.2) is 30.3 Å². The van der Waals surface area contributed by atoms with Gasteiger partial charge in [-0.25, -0.2) is 0 Å². The summed E-state index contributed by atoms with van der Waals surface area (Å²) in [7, 11) is 1.43. The highest BCUT2D eigenvalue weighted by Crippen LogP contribution is 2.24. The number of carbonyl (C=O) groups excluding carboxylic acids is 1. The molecule has 0 bridgehead atoms. The van der Waals surface area contributed by atoms with E-state index < -0.39 is 0 Å². The third-order valence-electron chi connectivity index (χ3n) is 4.09. The molecule has 3 atom stereocenters. The predicted octanol–water partition coefficient (Wildman–Crippen LogP) is 1.97. The molecule has 1 aromatic rings. The number of benzene rings is 1. The Balaban J connectivity index is 1.88. The summed E-state index contributed by atoms with van der Waals surface area (Å²) >= 11 is 0. The largest absolute Gasteiger partial charge is 0.468 e. The van der Waals surface area contributed by atoms with Gasteiger partial charge in [-0.05, 0) is 25.8 Å². The molecule has 2 rings (SSSR count). The van der Waals surface area contributed by atoms with Gasteiger partial charge < -0.3 is 10.1 Å². The number of hydrogen-bond acceptors (Lipinski definition) is 4. The summed E-state index contributed by atoms with van der Waals surface area (Å²) in [6, 6.07) is 11.1. The van der Waals surface area contributed by atoms with E-state index in [1.807, 2.05) is 13.0 Å². The van der Waals surface area contributed by atoms with Crippen LogP contribution in [0.3, 0.4) is 0 Å². The average Bonchev–Trinajstić information content (AvgIpc) is 2.94. The molecule has 1 heterocycles. The molecule has 1 aliphatic rings. The van der Waals surface area contributed by atoms with Gasteiger partial charge in [0.2, 0.25) is 0 Å². The lowest BCUT2D eigenvalue weighted by molar-refractivity contribution is -0.142. The van der Waals surface area contributed by atoms with Crippen molar-refractivity contribution in [2.24, 2.45) is 0 Å². The Hall–Kier alpha value is -1.39. The van der Waals surface area contributed by atoms with Gasteiger partial charge in [0.1, 0.15) is 6.04 Å². The van der Waals surface area contributed by atoms with E-state index in [0.717, 1.165) is 19.5 Å². The quantitative estimate of drug-likeness (QED) is 0.835. The molecule has 1 aliphatic heterocycles. The van der Waals surface area contributed by atoms with Crippen LogP contribution in [-0.4, -0.2) is 43.2 Å². The topological polar surface area (TPSA) is 41.6 Å². The highest BCUT2D eigenvalue weighted by atomic mass is 16.5. The molecule has 0 radical (unpaired) electrons. The van der Waals surface area contributed by atoms with Crippen molar-refractivity contribution in [3.8, 4) is 0 Å². The first kappa shape index (κ1) is 15.0. The second-order valence-electron chi connectivity index (χ2n) is 5.48. The van der Waals surface area contributed by atoms with Gasteiger partial charge in [-0.2, -0.15) is 0 Å². The van der Waals surface area contributed by atoms with Crippen molar-refractivity contribution in [1.82, 2.24) is 10.2 Å². The molecule has 1 N–H and O–H groups in total. The van der Waals surface area contributed by atoms with Crippen LogP contribution in [0.2, 0.25) is 0 Å². The van der Waals surface area contributed by atoms with Crippen molar-refractivity contribution in [1.29, 1.82) is 0 Å². The molecule has 0 aliphatic carbocycles. The van der Waals surface area contributed by atoms with E-state index in [0.29, 0.717) is 12.1 Å². The zero-order chi connectivity index (χ0) is 14.5. The van der Waals surface area contributed by atoms with E-state index in [-0.39, 0.29) is 12.0 Å². The van der Waals surface area contributed by atoms with E-state index in [9.17, 15) is 4.79 Å². The lowest BCUT2D eigenvalue weighted by atomic mass is 10.1. The number of rotatable bonds is 5. The van der Waals surface area contributed by atoms with Crippen molar-refractivity contribution < 1.29 is 9.53 Å². The van der Waals surface area contributed by atoms with Gasteiger partial charge in [-0.15, -0.1) is 0 Å². The van der Waals surface area contributed by atoms with E-state index >= 15 is 0 Å². The minimum absolute atomic E-state index is 0.195. The Morgan fingerprint density at radius 1 is 1.35 bits per heavy atom. The van der Waals surface area contributed by atoms with Crippen LogP contribution in [-0.2, 0) is 9.53 Å². The second kappa shape index (κ2) is 6.86. The molecule has 4 nitrogen and oxygen atoms in total. The van der Waals surface area contributed by atoms with Gasteiger partial charge in [0, 0.05) is 25.2 Å². The molecule has 0 unspecified atom stereocenters. The van der Waals surface area contributed by atoms with Gasteiger partial charge in [0.25, 0.3) is 0 Å². The first-order valence-electron chi connectivity index (χ1n) is 7.24. The van der Waals surface area contributed by atoms with E-state index in [1.165, 1.54) is 12.7 Å². The van der Waals surface area contributed by atoms with Crippen molar-refractivity contribution in [3.05, 3.63) is 35.9 Å². The van der Waals surface area contributed by atoms with Gasteiger partial charge in [0.05, 0.1) is 7.11 Å². The molecule has 110 valence electrons. The third-order valence-corrected chi connectivity index (χ3v) is 4.09. The first-order chi connectivity index (χ1) is 9.61. The highest BCUT2D eigenvalue weighted by molar-refractivity contribution is 5.75. The Bertz CT molecular complexity index is 435. The number of esters is 1. The Kier molecular flexibility index (Phi) is 5.15. The summed E-state index contributed by atoms with van der Waals surface area (Å²) in [6.45, 7) is 6.12. The summed E-state index contributed by atoms with van der Waals surface area (Å²) in [5, 5.41) is 3.35. The van der Waals surface area contributed by atoms with Crippen LogP contribution in [0.4, 0.5) is 0 Å². The van der Waals surface area contributed by atoms with Gasteiger partial charge in [0.15, 0.2) is 0 Å². The molecular weight excluding hydrogens is 252 g/mol. The predicted molar refractivity (Wildman–Crippen MR) is 79.4 cm³/mol. The number of methoxy groups -OCH3 is 1. The van der Waals surface area contributed by atoms with Crippen molar-refractivity contribution >= 4 is 5.97 Å². The summed E-state index contributed by atoms with van der Waals surface area (Å²) in [4.78, 5) is 13.9. The molecule has 1 saturated heterocycles. The highest BCUT2D eigenvalue weighted by Gasteiger charge is 2.28. The van der Waals surface area contributed by atoms with E-state index in [4.69, 9.17) is 4.74 Å². The fraction of sp³-hybridized carbons (Fsp3) is 0.562. The van der Waals surface area contributed by atoms with Crippen LogP contribution in [0.1, 0.15) is 31.9 Å². The number of nitrogens with zero attached hydrogens (tertiary/aromatic N) is 1. The smallest absolute Gasteiger partial charge is 0.322 e. The molecule has 0 aromatic heterocycles. The average molecular weight is 276 g/mol. The monoisotopic (exact) mass is 276 g/mol. The summed E-state index contributed by atoms with van der Waals surface area (Å²) in [6.07, 6.45) is 1.07. The van der Waals surface area contributed by atoms with Crippen LogP contribution < -0.4 is 5.32 Å². The summed E-state index contributed by atoms with van der Waals surface area (Å²) < 4.78 is 4.75. The second-order valence-corrected chi connectivity index (χ2v) is 5.48. The Morgan fingerprint density at radius 3 is 2.70 bits per heavy atom. The Morgan fingerprint density at radius 2 is 2.05 bits per heavy atom. The zero-order valence-electron chi connectivity index (χ0n) is 12.5. The number of ether oxygens (including phenoxy) is 1. The van der Waals surface area contributed by atoms with Crippen LogP contribution in [0.25, 0.3) is 0 Å². The van der Waals surface area contributed by atoms with Gasteiger partial charge in [-0.3, -0.25) is 9.69 Å². The summed E-state index contributed by atoms with van der Waals surface area (Å²) in [5.74, 6) is -0.195. The number of carbonyl (C=O) groups is 1. The maximum absolute atomic E-state index is 11.4.